The molecule has 1 atom stereocenters. The molecule has 1 heterocycles. The first-order valence-electron chi connectivity index (χ1n) is 11.0. The molecule has 0 N–H and O–H groups in total. The van der Waals surface area contributed by atoms with Gasteiger partial charge in [0.2, 0.25) is 6.41 Å². The molecule has 5 heteroatoms. The molecule has 0 radical (unpaired) electrons. The molecule has 1 aromatic heterocycles. The second-order valence-electron chi connectivity index (χ2n) is 7.80. The lowest BCUT2D eigenvalue weighted by molar-refractivity contribution is -0.108. The zero-order valence-corrected chi connectivity index (χ0v) is 19.9. The molecular formula is C24H39NO3S. The van der Waals surface area contributed by atoms with E-state index >= 15 is 0 Å². The maximum Gasteiger partial charge on any atom is 0.350 e. The molecular weight excluding hydrogens is 382 g/mol. The molecule has 0 spiro atoms. The topological polar surface area (TPSA) is 46.6 Å². The van der Waals surface area contributed by atoms with E-state index < -0.39 is 0 Å². The minimum Gasteiger partial charge on any atom is -0.465 e. The quantitative estimate of drug-likeness (QED) is 0.301. The summed E-state index contributed by atoms with van der Waals surface area (Å²) in [6.45, 7) is 10.5. The van der Waals surface area contributed by atoms with E-state index in [1.54, 1.807) is 10.5 Å². The molecule has 1 unspecified atom stereocenters. The third-order valence-corrected chi connectivity index (χ3v) is 6.49. The van der Waals surface area contributed by atoms with Gasteiger partial charge in [-0.05, 0) is 57.9 Å². The summed E-state index contributed by atoms with van der Waals surface area (Å²) >= 11 is 1.38. The minimum absolute atomic E-state index is 0.212. The van der Waals surface area contributed by atoms with Gasteiger partial charge in [0.05, 0.1) is 12.8 Å². The van der Waals surface area contributed by atoms with Crippen molar-refractivity contribution >= 4 is 29.4 Å². The molecule has 0 saturated heterocycles. The average molecular weight is 422 g/mol. The number of allylic oxidation sites excluding steroid dienone is 2. The molecule has 1 fully saturated rings. The van der Waals surface area contributed by atoms with Crippen molar-refractivity contribution in [1.29, 1.82) is 0 Å². The second-order valence-corrected chi connectivity index (χ2v) is 9.05. The fourth-order valence-electron chi connectivity index (χ4n) is 3.73. The Morgan fingerprint density at radius 3 is 2.31 bits per heavy atom. The summed E-state index contributed by atoms with van der Waals surface area (Å²) in [5, 5.41) is 0. The fourth-order valence-corrected chi connectivity index (χ4v) is 4.65. The van der Waals surface area contributed by atoms with Gasteiger partial charge >= 0.3 is 5.97 Å². The van der Waals surface area contributed by atoms with Crippen LogP contribution in [0, 0.1) is 12.8 Å². The number of rotatable bonds is 4. The first-order valence-corrected chi connectivity index (χ1v) is 11.9. The average Bonchev–Trinajstić information content (AvgIpc) is 3.14. The Kier molecular flexibility index (Phi) is 11.9. The fraction of sp³-hybridized carbons (Fsp3) is 0.667. The van der Waals surface area contributed by atoms with Gasteiger partial charge in [-0.2, -0.15) is 0 Å². The first-order chi connectivity index (χ1) is 14.0. The van der Waals surface area contributed by atoms with Crippen molar-refractivity contribution in [2.45, 2.75) is 92.0 Å². The van der Waals surface area contributed by atoms with E-state index in [0.29, 0.717) is 10.6 Å². The van der Waals surface area contributed by atoms with Crippen molar-refractivity contribution in [2.75, 3.05) is 12.0 Å². The number of amides is 1. The monoisotopic (exact) mass is 421 g/mol. The van der Waals surface area contributed by atoms with Crippen LogP contribution in [0.2, 0.25) is 0 Å². The van der Waals surface area contributed by atoms with Crippen LogP contribution in [0.3, 0.4) is 0 Å². The lowest BCUT2D eigenvalue weighted by Crippen LogP contribution is -2.36. The van der Waals surface area contributed by atoms with E-state index in [0.717, 1.165) is 42.9 Å². The molecule has 164 valence electrons. The van der Waals surface area contributed by atoms with Gasteiger partial charge in [0, 0.05) is 10.9 Å². The molecule has 2 aliphatic carbocycles. The van der Waals surface area contributed by atoms with Crippen LogP contribution < -0.4 is 4.90 Å². The van der Waals surface area contributed by atoms with Gasteiger partial charge in [0.25, 0.3) is 0 Å². The van der Waals surface area contributed by atoms with Crippen molar-refractivity contribution < 1.29 is 14.3 Å². The molecule has 3 rings (SSSR count). The number of aryl methyl sites for hydroxylation is 1. The van der Waals surface area contributed by atoms with Crippen LogP contribution in [-0.4, -0.2) is 25.5 Å². The van der Waals surface area contributed by atoms with Crippen LogP contribution >= 0.6 is 11.3 Å². The molecule has 0 aliphatic heterocycles. The number of thiophene rings is 1. The number of carbonyl (C=O) groups is 2. The standard InChI is InChI=1S/C14H19NO3S.C8H14.C2H6/c1-10-8-12(13(19-10)14(17)18-2)15(9-16)11-6-4-3-5-7-11;1-7-3-5-8(2)6-4-7;1-2/h8-9,11H,3-7H2,1-2H3;3,8H,4-6H2,1-2H3;1-2H3. The number of carbonyl (C=O) groups excluding carboxylic acids is 2. The number of hydrogen-bond acceptors (Lipinski definition) is 4. The van der Waals surface area contributed by atoms with Crippen molar-refractivity contribution in [3.63, 3.8) is 0 Å². The second kappa shape index (κ2) is 13.6. The van der Waals surface area contributed by atoms with Crippen LogP contribution in [-0.2, 0) is 9.53 Å². The maximum atomic E-state index is 11.8. The third-order valence-electron chi connectivity index (χ3n) is 5.47. The Balaban J connectivity index is 0.000000351. The summed E-state index contributed by atoms with van der Waals surface area (Å²) in [7, 11) is 1.37. The highest BCUT2D eigenvalue weighted by atomic mass is 32.1. The predicted molar refractivity (Wildman–Crippen MR) is 124 cm³/mol. The molecule has 1 aromatic rings. The number of nitrogens with zero attached hydrogens (tertiary/aromatic N) is 1. The molecule has 4 nitrogen and oxygen atoms in total. The van der Waals surface area contributed by atoms with Crippen LogP contribution in [0.15, 0.2) is 17.7 Å². The summed E-state index contributed by atoms with van der Waals surface area (Å²) in [4.78, 5) is 26.5. The zero-order valence-electron chi connectivity index (χ0n) is 19.1. The van der Waals surface area contributed by atoms with Gasteiger partial charge in [-0.15, -0.1) is 11.3 Å². The van der Waals surface area contributed by atoms with E-state index in [2.05, 4.69) is 19.9 Å². The van der Waals surface area contributed by atoms with Crippen LogP contribution in [0.1, 0.15) is 93.6 Å². The molecule has 2 aliphatic rings. The smallest absolute Gasteiger partial charge is 0.350 e. The van der Waals surface area contributed by atoms with Gasteiger partial charge < -0.3 is 9.64 Å². The molecule has 0 bridgehead atoms. The van der Waals surface area contributed by atoms with Crippen molar-refractivity contribution in [3.8, 4) is 0 Å². The highest BCUT2D eigenvalue weighted by Crippen LogP contribution is 2.34. The van der Waals surface area contributed by atoms with E-state index in [1.165, 1.54) is 44.1 Å². The lowest BCUT2D eigenvalue weighted by atomic mass is 9.92. The Morgan fingerprint density at radius 1 is 1.17 bits per heavy atom. The van der Waals surface area contributed by atoms with Gasteiger partial charge in [-0.1, -0.05) is 51.7 Å². The SMILES string of the molecule is CC.CC1=CCC(C)CC1.COC(=O)c1sc(C)cc1N(C=O)C1CCCCC1. The van der Waals surface area contributed by atoms with Gasteiger partial charge in [-0.25, -0.2) is 4.79 Å². The summed E-state index contributed by atoms with van der Waals surface area (Å²) < 4.78 is 4.80. The maximum absolute atomic E-state index is 11.8. The molecule has 1 amide bonds. The summed E-state index contributed by atoms with van der Waals surface area (Å²) in [6.07, 6.45) is 12.8. The van der Waals surface area contributed by atoms with Gasteiger partial charge in [0.1, 0.15) is 4.88 Å². The Bertz CT molecular complexity index is 659. The number of anilines is 1. The summed E-state index contributed by atoms with van der Waals surface area (Å²) in [5.41, 5.74) is 2.29. The van der Waals surface area contributed by atoms with Crippen LogP contribution in [0.5, 0.6) is 0 Å². The van der Waals surface area contributed by atoms with Crippen molar-refractivity contribution in [2.24, 2.45) is 5.92 Å². The highest BCUT2D eigenvalue weighted by molar-refractivity contribution is 7.14. The van der Waals surface area contributed by atoms with Crippen molar-refractivity contribution in [1.82, 2.24) is 0 Å². The number of esters is 1. The van der Waals surface area contributed by atoms with Crippen molar-refractivity contribution in [3.05, 3.63) is 27.5 Å². The Labute approximate surface area is 181 Å². The van der Waals surface area contributed by atoms with E-state index in [-0.39, 0.29) is 12.0 Å². The molecule has 0 aromatic carbocycles. The van der Waals surface area contributed by atoms with E-state index in [9.17, 15) is 9.59 Å². The number of ether oxygens (including phenoxy) is 1. The Hall–Kier alpha value is -1.62. The predicted octanol–water partition coefficient (Wildman–Crippen LogP) is 6.92. The molecule has 1 saturated carbocycles. The number of hydrogen-bond donors (Lipinski definition) is 0. The van der Waals surface area contributed by atoms with Gasteiger partial charge in [0.15, 0.2) is 0 Å². The summed E-state index contributed by atoms with van der Waals surface area (Å²) in [5.74, 6) is 0.578. The first kappa shape index (κ1) is 25.4. The normalized spacial score (nSPS) is 19.0. The van der Waals surface area contributed by atoms with Gasteiger partial charge in [-0.3, -0.25) is 4.79 Å². The third kappa shape index (κ3) is 7.96. The number of methoxy groups -OCH3 is 1. The minimum atomic E-state index is -0.365. The van der Waals surface area contributed by atoms with E-state index in [4.69, 9.17) is 4.74 Å². The zero-order chi connectivity index (χ0) is 21.8. The van der Waals surface area contributed by atoms with Crippen LogP contribution in [0.4, 0.5) is 5.69 Å². The highest BCUT2D eigenvalue weighted by Gasteiger charge is 2.26. The van der Waals surface area contributed by atoms with E-state index in [1.807, 2.05) is 26.8 Å². The lowest BCUT2D eigenvalue weighted by Gasteiger charge is -2.31. The molecule has 29 heavy (non-hydrogen) atoms. The summed E-state index contributed by atoms with van der Waals surface area (Å²) in [6, 6.07) is 2.11. The Morgan fingerprint density at radius 2 is 1.83 bits per heavy atom. The van der Waals surface area contributed by atoms with Crippen LogP contribution in [0.25, 0.3) is 0 Å². The largest absolute Gasteiger partial charge is 0.465 e.